The third kappa shape index (κ3) is 7.33. The van der Waals surface area contributed by atoms with Crippen LogP contribution in [0.3, 0.4) is 0 Å². The van der Waals surface area contributed by atoms with Crippen molar-refractivity contribution in [1.82, 2.24) is 20.4 Å². The summed E-state index contributed by atoms with van der Waals surface area (Å²) >= 11 is 0. The number of aliphatic imine (C=N–C) groups is 1. The quantitative estimate of drug-likeness (QED) is 0.377. The Morgan fingerprint density at radius 3 is 2.60 bits per heavy atom. The molecule has 1 aromatic rings. The molecule has 1 saturated heterocycles. The molecule has 1 fully saturated rings. The molecule has 166 valence electrons. The number of nitrogens with one attached hydrogen (secondary N) is 2. The number of piperidine rings is 1. The first-order valence-electron chi connectivity index (χ1n) is 10.6. The molecule has 0 spiro atoms. The van der Waals surface area contributed by atoms with Crippen molar-refractivity contribution in [3.63, 3.8) is 0 Å². The van der Waals surface area contributed by atoms with Gasteiger partial charge in [0.05, 0.1) is 12.5 Å². The molecule has 0 aliphatic carbocycles. The molecule has 2 N–H and O–H groups in total. The van der Waals surface area contributed by atoms with Crippen molar-refractivity contribution in [3.05, 3.63) is 35.4 Å². The van der Waals surface area contributed by atoms with Crippen LogP contribution in [0.2, 0.25) is 0 Å². The lowest BCUT2D eigenvalue weighted by Gasteiger charge is -2.33. The van der Waals surface area contributed by atoms with Gasteiger partial charge in [0, 0.05) is 45.3 Å². The van der Waals surface area contributed by atoms with Crippen molar-refractivity contribution in [2.45, 2.75) is 26.3 Å². The summed E-state index contributed by atoms with van der Waals surface area (Å²) in [7, 11) is 5.71. The monoisotopic (exact) mass is 417 g/mol. The van der Waals surface area contributed by atoms with Crippen LogP contribution < -0.4 is 10.6 Å². The zero-order valence-electron chi connectivity index (χ0n) is 18.6. The maximum Gasteiger partial charge on any atom is 0.309 e. The summed E-state index contributed by atoms with van der Waals surface area (Å²) in [5, 5.41) is 6.31. The highest BCUT2D eigenvalue weighted by atomic mass is 16.5. The minimum absolute atomic E-state index is 0.0259. The van der Waals surface area contributed by atoms with E-state index in [4.69, 9.17) is 4.74 Å². The first kappa shape index (κ1) is 23.7. The standard InChI is InChI=1S/C22H35N5O3/c1-5-30-21(29)18-9-12-27(13-10-18)22(23-2)25-16-17-7-6-8-19(15-17)20(28)24-11-14-26(3)4/h6-8,15,18H,5,9-14,16H2,1-4H3,(H,23,25)(H,24,28). The van der Waals surface area contributed by atoms with Crippen molar-refractivity contribution in [2.75, 3.05) is 53.9 Å². The zero-order chi connectivity index (χ0) is 21.9. The van der Waals surface area contributed by atoms with Crippen molar-refractivity contribution < 1.29 is 14.3 Å². The fourth-order valence-electron chi connectivity index (χ4n) is 3.42. The molecular weight excluding hydrogens is 382 g/mol. The van der Waals surface area contributed by atoms with Crippen LogP contribution in [0.4, 0.5) is 0 Å². The molecule has 0 aromatic heterocycles. The van der Waals surface area contributed by atoms with Crippen molar-refractivity contribution >= 4 is 17.8 Å². The van der Waals surface area contributed by atoms with E-state index in [1.54, 1.807) is 7.05 Å². The number of likely N-dealkylation sites (tertiary alicyclic amines) is 1. The van der Waals surface area contributed by atoms with Crippen LogP contribution >= 0.6 is 0 Å². The van der Waals surface area contributed by atoms with E-state index >= 15 is 0 Å². The third-order valence-electron chi connectivity index (χ3n) is 5.11. The summed E-state index contributed by atoms with van der Waals surface area (Å²) < 4.78 is 5.14. The molecule has 8 heteroatoms. The number of amides is 1. The van der Waals surface area contributed by atoms with E-state index in [-0.39, 0.29) is 17.8 Å². The molecule has 0 radical (unpaired) electrons. The van der Waals surface area contributed by atoms with E-state index < -0.39 is 0 Å². The second-order valence-corrected chi connectivity index (χ2v) is 7.67. The molecule has 1 aromatic carbocycles. The van der Waals surface area contributed by atoms with E-state index in [1.807, 2.05) is 50.2 Å². The number of carbonyl (C=O) groups is 2. The van der Waals surface area contributed by atoms with E-state index in [0.29, 0.717) is 25.3 Å². The minimum atomic E-state index is -0.0965. The second kappa shape index (κ2) is 12.2. The van der Waals surface area contributed by atoms with Crippen LogP contribution in [0, 0.1) is 5.92 Å². The summed E-state index contributed by atoms with van der Waals surface area (Å²) in [6.45, 7) is 5.77. The topological polar surface area (TPSA) is 86.3 Å². The average Bonchev–Trinajstić information content (AvgIpc) is 2.74. The molecule has 8 nitrogen and oxygen atoms in total. The molecular formula is C22H35N5O3. The van der Waals surface area contributed by atoms with Gasteiger partial charge in [0.2, 0.25) is 0 Å². The number of hydrogen-bond acceptors (Lipinski definition) is 5. The lowest BCUT2D eigenvalue weighted by Crippen LogP contribution is -2.46. The van der Waals surface area contributed by atoms with E-state index in [2.05, 4.69) is 20.5 Å². The summed E-state index contributed by atoms with van der Waals surface area (Å²) in [5.41, 5.74) is 1.66. The summed E-state index contributed by atoms with van der Waals surface area (Å²) in [4.78, 5) is 32.8. The van der Waals surface area contributed by atoms with Crippen molar-refractivity contribution in [3.8, 4) is 0 Å². The fraction of sp³-hybridized carbons (Fsp3) is 0.591. The number of ether oxygens (including phenoxy) is 1. The molecule has 1 amide bonds. The maximum atomic E-state index is 12.3. The molecule has 1 heterocycles. The number of esters is 1. The average molecular weight is 418 g/mol. The van der Waals surface area contributed by atoms with Crippen molar-refractivity contribution in [1.29, 1.82) is 0 Å². The first-order chi connectivity index (χ1) is 14.4. The summed E-state index contributed by atoms with van der Waals surface area (Å²) in [6, 6.07) is 7.61. The zero-order valence-corrected chi connectivity index (χ0v) is 18.6. The Kier molecular flexibility index (Phi) is 9.60. The number of likely N-dealkylation sites (N-methyl/N-ethyl adjacent to an activating group) is 1. The van der Waals surface area contributed by atoms with Gasteiger partial charge in [-0.2, -0.15) is 0 Å². The largest absolute Gasteiger partial charge is 0.466 e. The Hall–Kier alpha value is -2.61. The number of benzene rings is 1. The second-order valence-electron chi connectivity index (χ2n) is 7.67. The van der Waals surface area contributed by atoms with Gasteiger partial charge in [0.1, 0.15) is 0 Å². The lowest BCUT2D eigenvalue weighted by molar-refractivity contribution is -0.149. The molecule has 0 atom stereocenters. The van der Waals surface area contributed by atoms with Crippen LogP contribution in [0.25, 0.3) is 0 Å². The van der Waals surface area contributed by atoms with Gasteiger partial charge >= 0.3 is 5.97 Å². The minimum Gasteiger partial charge on any atom is -0.466 e. The lowest BCUT2D eigenvalue weighted by atomic mass is 9.97. The van der Waals surface area contributed by atoms with Crippen LogP contribution in [-0.2, 0) is 16.1 Å². The Morgan fingerprint density at radius 1 is 1.23 bits per heavy atom. The molecule has 0 saturated carbocycles. The number of hydrogen-bond donors (Lipinski definition) is 2. The molecule has 2 rings (SSSR count). The first-order valence-corrected chi connectivity index (χ1v) is 10.6. The Balaban J connectivity index is 1.85. The predicted octanol–water partition coefficient (Wildman–Crippen LogP) is 1.33. The van der Waals surface area contributed by atoms with Gasteiger partial charge in [0.15, 0.2) is 5.96 Å². The Morgan fingerprint density at radius 2 is 1.97 bits per heavy atom. The van der Waals surface area contributed by atoms with E-state index in [9.17, 15) is 9.59 Å². The normalized spacial score (nSPS) is 15.2. The molecule has 0 bridgehead atoms. The highest BCUT2D eigenvalue weighted by Crippen LogP contribution is 2.19. The van der Waals surface area contributed by atoms with Gasteiger partial charge in [-0.05, 0) is 51.6 Å². The molecule has 0 unspecified atom stereocenters. The number of nitrogens with zero attached hydrogens (tertiary/aromatic N) is 3. The Bertz CT molecular complexity index is 727. The maximum absolute atomic E-state index is 12.3. The van der Waals surface area contributed by atoms with Gasteiger partial charge in [-0.1, -0.05) is 12.1 Å². The smallest absolute Gasteiger partial charge is 0.309 e. The predicted molar refractivity (Wildman–Crippen MR) is 118 cm³/mol. The molecule has 30 heavy (non-hydrogen) atoms. The van der Waals surface area contributed by atoms with Crippen LogP contribution in [0.1, 0.15) is 35.7 Å². The van der Waals surface area contributed by atoms with Gasteiger partial charge < -0.3 is 25.2 Å². The third-order valence-corrected chi connectivity index (χ3v) is 5.11. The van der Waals surface area contributed by atoms with Gasteiger partial charge in [-0.25, -0.2) is 0 Å². The Labute approximate surface area is 179 Å². The SMILES string of the molecule is CCOC(=O)C1CCN(C(=NC)NCc2cccc(C(=O)NCCN(C)C)c2)CC1. The van der Waals surface area contributed by atoms with Crippen LogP contribution in [0.15, 0.2) is 29.3 Å². The summed E-state index contributed by atoms with van der Waals surface area (Å²) in [5.74, 6) is 0.616. The summed E-state index contributed by atoms with van der Waals surface area (Å²) in [6.07, 6.45) is 1.53. The molecule has 1 aliphatic rings. The van der Waals surface area contributed by atoms with Gasteiger partial charge in [0.25, 0.3) is 5.91 Å². The highest BCUT2D eigenvalue weighted by molar-refractivity contribution is 5.94. The van der Waals surface area contributed by atoms with Crippen molar-refractivity contribution in [2.24, 2.45) is 10.9 Å². The van der Waals surface area contributed by atoms with Crippen LogP contribution in [0.5, 0.6) is 0 Å². The highest BCUT2D eigenvalue weighted by Gasteiger charge is 2.27. The fourth-order valence-corrected chi connectivity index (χ4v) is 3.42. The van der Waals surface area contributed by atoms with E-state index in [1.165, 1.54) is 0 Å². The molecule has 1 aliphatic heterocycles. The number of rotatable bonds is 8. The van der Waals surface area contributed by atoms with Crippen LogP contribution in [-0.4, -0.2) is 81.6 Å². The van der Waals surface area contributed by atoms with Gasteiger partial charge in [-0.15, -0.1) is 0 Å². The number of carbonyl (C=O) groups excluding carboxylic acids is 2. The van der Waals surface area contributed by atoms with E-state index in [0.717, 1.165) is 44.0 Å². The number of guanidine groups is 1. The van der Waals surface area contributed by atoms with Gasteiger partial charge in [-0.3, -0.25) is 14.6 Å².